The third-order valence-corrected chi connectivity index (χ3v) is 4.81. The van der Waals surface area contributed by atoms with Gasteiger partial charge in [-0.05, 0) is 48.9 Å². The number of fused-ring (bicyclic) bond motifs is 1. The van der Waals surface area contributed by atoms with Crippen LogP contribution in [-0.4, -0.2) is 16.7 Å². The largest absolute Gasteiger partial charge is 0.384 e. The predicted octanol–water partition coefficient (Wildman–Crippen LogP) is 4.00. The quantitative estimate of drug-likeness (QED) is 0.905. The SMILES string of the molecule is CC1CCCC(c2noc(-c3ccc4c(c3)CCN4)n2)C1. The van der Waals surface area contributed by atoms with Crippen molar-refractivity contribution in [1.29, 1.82) is 0 Å². The summed E-state index contributed by atoms with van der Waals surface area (Å²) in [5.74, 6) is 2.81. The van der Waals surface area contributed by atoms with Crippen LogP contribution >= 0.6 is 0 Å². The zero-order chi connectivity index (χ0) is 14.2. The molecule has 0 bridgehead atoms. The first kappa shape index (κ1) is 12.9. The van der Waals surface area contributed by atoms with Crippen molar-refractivity contribution in [3.8, 4) is 11.5 Å². The lowest BCUT2D eigenvalue weighted by Crippen LogP contribution is -2.12. The molecule has 21 heavy (non-hydrogen) atoms. The number of anilines is 1. The summed E-state index contributed by atoms with van der Waals surface area (Å²) < 4.78 is 5.52. The molecule has 1 aliphatic heterocycles. The van der Waals surface area contributed by atoms with Gasteiger partial charge in [0.2, 0.25) is 0 Å². The van der Waals surface area contributed by atoms with Crippen molar-refractivity contribution in [3.05, 3.63) is 29.6 Å². The van der Waals surface area contributed by atoms with E-state index in [2.05, 4.69) is 40.6 Å². The molecule has 0 amide bonds. The average Bonchev–Trinajstić information content (AvgIpc) is 3.15. The molecule has 4 rings (SSSR count). The number of nitrogens with one attached hydrogen (secondary N) is 1. The topological polar surface area (TPSA) is 51.0 Å². The van der Waals surface area contributed by atoms with Crippen LogP contribution in [0.5, 0.6) is 0 Å². The molecule has 4 heteroatoms. The molecule has 0 radical (unpaired) electrons. The maximum absolute atomic E-state index is 5.52. The molecule has 2 aromatic rings. The molecule has 1 aliphatic carbocycles. The first-order valence-corrected chi connectivity index (χ1v) is 8.00. The molecule has 2 unspecified atom stereocenters. The predicted molar refractivity (Wildman–Crippen MR) is 82.3 cm³/mol. The summed E-state index contributed by atoms with van der Waals surface area (Å²) in [6, 6.07) is 6.36. The monoisotopic (exact) mass is 283 g/mol. The Morgan fingerprint density at radius 1 is 1.29 bits per heavy atom. The van der Waals surface area contributed by atoms with Crippen molar-refractivity contribution >= 4 is 5.69 Å². The van der Waals surface area contributed by atoms with Crippen LogP contribution in [0.25, 0.3) is 11.5 Å². The molecule has 1 saturated carbocycles. The highest BCUT2D eigenvalue weighted by Crippen LogP contribution is 2.35. The summed E-state index contributed by atoms with van der Waals surface area (Å²) in [5.41, 5.74) is 3.62. The number of benzene rings is 1. The van der Waals surface area contributed by atoms with Gasteiger partial charge in [-0.1, -0.05) is 24.9 Å². The Morgan fingerprint density at radius 3 is 3.14 bits per heavy atom. The number of rotatable bonds is 2. The molecule has 2 aliphatic rings. The van der Waals surface area contributed by atoms with Crippen molar-refractivity contribution in [2.24, 2.45) is 5.92 Å². The Bertz CT molecular complexity index is 649. The van der Waals surface area contributed by atoms with Crippen LogP contribution in [0.3, 0.4) is 0 Å². The van der Waals surface area contributed by atoms with E-state index in [4.69, 9.17) is 4.52 Å². The van der Waals surface area contributed by atoms with Gasteiger partial charge in [0.1, 0.15) is 0 Å². The highest BCUT2D eigenvalue weighted by atomic mass is 16.5. The van der Waals surface area contributed by atoms with Gasteiger partial charge in [0.05, 0.1) is 0 Å². The van der Waals surface area contributed by atoms with Gasteiger partial charge in [0.15, 0.2) is 5.82 Å². The lowest BCUT2D eigenvalue weighted by atomic mass is 9.82. The molecular formula is C17H21N3O. The minimum absolute atomic E-state index is 0.474. The molecule has 0 spiro atoms. The van der Waals surface area contributed by atoms with Crippen LogP contribution in [-0.2, 0) is 6.42 Å². The van der Waals surface area contributed by atoms with Crippen LogP contribution in [0.15, 0.2) is 22.7 Å². The first-order valence-electron chi connectivity index (χ1n) is 8.00. The third-order valence-electron chi connectivity index (χ3n) is 4.81. The second-order valence-electron chi connectivity index (χ2n) is 6.48. The van der Waals surface area contributed by atoms with E-state index >= 15 is 0 Å². The van der Waals surface area contributed by atoms with Crippen molar-refractivity contribution in [3.63, 3.8) is 0 Å². The summed E-state index contributed by atoms with van der Waals surface area (Å²) in [6.45, 7) is 3.34. The maximum Gasteiger partial charge on any atom is 0.257 e. The summed E-state index contributed by atoms with van der Waals surface area (Å²) in [4.78, 5) is 4.67. The van der Waals surface area contributed by atoms with Crippen molar-refractivity contribution < 1.29 is 4.52 Å². The van der Waals surface area contributed by atoms with E-state index in [1.165, 1.54) is 36.9 Å². The van der Waals surface area contributed by atoms with Crippen LogP contribution in [0, 0.1) is 5.92 Å². The summed E-state index contributed by atoms with van der Waals surface area (Å²) in [5, 5.41) is 7.62. The zero-order valence-corrected chi connectivity index (χ0v) is 12.4. The summed E-state index contributed by atoms with van der Waals surface area (Å²) in [7, 11) is 0. The molecule has 0 saturated heterocycles. The minimum Gasteiger partial charge on any atom is -0.384 e. The van der Waals surface area contributed by atoms with Gasteiger partial charge in [-0.15, -0.1) is 0 Å². The Kier molecular flexibility index (Phi) is 3.17. The fourth-order valence-electron chi connectivity index (χ4n) is 3.62. The molecule has 4 nitrogen and oxygen atoms in total. The standard InChI is InChI=1S/C17H21N3O/c1-11-3-2-4-13(9-11)16-19-17(21-20-16)14-5-6-15-12(10-14)7-8-18-15/h5-6,10-11,13,18H,2-4,7-9H2,1H3. The van der Waals surface area contributed by atoms with Crippen molar-refractivity contribution in [2.45, 2.75) is 44.9 Å². The van der Waals surface area contributed by atoms with E-state index in [-0.39, 0.29) is 0 Å². The second-order valence-corrected chi connectivity index (χ2v) is 6.48. The van der Waals surface area contributed by atoms with Crippen LogP contribution in [0.2, 0.25) is 0 Å². The number of aromatic nitrogens is 2. The van der Waals surface area contributed by atoms with E-state index in [1.54, 1.807) is 0 Å². The van der Waals surface area contributed by atoms with Gasteiger partial charge in [0, 0.05) is 23.7 Å². The first-order chi connectivity index (χ1) is 10.3. The third kappa shape index (κ3) is 2.43. The normalized spacial score (nSPS) is 24.6. The average molecular weight is 283 g/mol. The number of hydrogen-bond acceptors (Lipinski definition) is 4. The van der Waals surface area contributed by atoms with E-state index in [1.807, 2.05) is 0 Å². The van der Waals surface area contributed by atoms with Gasteiger partial charge >= 0.3 is 0 Å². The minimum atomic E-state index is 0.474. The van der Waals surface area contributed by atoms with Gasteiger partial charge < -0.3 is 9.84 Å². The Morgan fingerprint density at radius 2 is 2.24 bits per heavy atom. The van der Waals surface area contributed by atoms with Crippen molar-refractivity contribution in [2.75, 3.05) is 11.9 Å². The van der Waals surface area contributed by atoms with E-state index in [0.717, 1.165) is 30.3 Å². The van der Waals surface area contributed by atoms with Crippen LogP contribution < -0.4 is 5.32 Å². The van der Waals surface area contributed by atoms with Gasteiger partial charge in [0.25, 0.3) is 5.89 Å². The highest BCUT2D eigenvalue weighted by Gasteiger charge is 2.25. The molecular weight excluding hydrogens is 262 g/mol. The van der Waals surface area contributed by atoms with E-state index in [9.17, 15) is 0 Å². The zero-order valence-electron chi connectivity index (χ0n) is 12.4. The van der Waals surface area contributed by atoms with Gasteiger partial charge in [-0.2, -0.15) is 4.98 Å². The lowest BCUT2D eigenvalue weighted by Gasteiger charge is -2.23. The molecule has 1 N–H and O–H groups in total. The maximum atomic E-state index is 5.52. The molecule has 2 atom stereocenters. The van der Waals surface area contributed by atoms with Crippen molar-refractivity contribution in [1.82, 2.24) is 10.1 Å². The van der Waals surface area contributed by atoms with E-state index in [0.29, 0.717) is 11.8 Å². The second kappa shape index (κ2) is 5.17. The fourth-order valence-corrected chi connectivity index (χ4v) is 3.62. The van der Waals surface area contributed by atoms with Gasteiger partial charge in [-0.3, -0.25) is 0 Å². The molecule has 110 valence electrons. The van der Waals surface area contributed by atoms with E-state index < -0.39 is 0 Å². The van der Waals surface area contributed by atoms with Crippen LogP contribution in [0.4, 0.5) is 5.69 Å². The summed E-state index contributed by atoms with van der Waals surface area (Å²) in [6.07, 6.45) is 6.06. The highest BCUT2D eigenvalue weighted by molar-refractivity contribution is 5.64. The Hall–Kier alpha value is -1.84. The lowest BCUT2D eigenvalue weighted by molar-refractivity contribution is 0.324. The molecule has 2 heterocycles. The molecule has 1 fully saturated rings. The smallest absolute Gasteiger partial charge is 0.257 e. The van der Waals surface area contributed by atoms with Gasteiger partial charge in [-0.25, -0.2) is 0 Å². The Labute approximate surface area is 124 Å². The summed E-state index contributed by atoms with van der Waals surface area (Å²) >= 11 is 0. The molecule has 1 aromatic heterocycles. The number of hydrogen-bond donors (Lipinski definition) is 1. The number of nitrogens with zero attached hydrogens (tertiary/aromatic N) is 2. The van der Waals surface area contributed by atoms with Crippen LogP contribution in [0.1, 0.15) is 49.9 Å². The fraction of sp³-hybridized carbons (Fsp3) is 0.529. The Balaban J connectivity index is 1.59. The molecule has 1 aromatic carbocycles.